The van der Waals surface area contributed by atoms with Crippen molar-refractivity contribution in [3.8, 4) is 0 Å². The molecular formula is C20H18N2O4S. The van der Waals surface area contributed by atoms with Gasteiger partial charge in [-0.1, -0.05) is 48.5 Å². The van der Waals surface area contributed by atoms with E-state index in [1.165, 1.54) is 12.1 Å². The molecule has 3 aromatic carbocycles. The summed E-state index contributed by atoms with van der Waals surface area (Å²) in [7, 11) is -4.12. The Morgan fingerprint density at radius 2 is 1.63 bits per heavy atom. The maximum Gasteiger partial charge on any atom is 0.371 e. The molecule has 3 rings (SSSR count). The second-order valence-corrected chi connectivity index (χ2v) is 7.49. The third kappa shape index (κ3) is 4.15. The van der Waals surface area contributed by atoms with Crippen LogP contribution in [0.25, 0.3) is 10.8 Å². The second-order valence-electron chi connectivity index (χ2n) is 5.63. The summed E-state index contributed by atoms with van der Waals surface area (Å²) in [6, 6.07) is 20.8. The average Bonchev–Trinajstić information content (AvgIpc) is 2.69. The topological polar surface area (TPSA) is 84.8 Å². The number of benzene rings is 3. The summed E-state index contributed by atoms with van der Waals surface area (Å²) in [6.45, 7) is 1.64. The van der Waals surface area contributed by atoms with Gasteiger partial charge in [0.15, 0.2) is 0 Å². The number of ether oxygens (including phenoxy) is 1. The molecule has 0 aromatic heterocycles. The van der Waals surface area contributed by atoms with Crippen LogP contribution in [-0.4, -0.2) is 26.0 Å². The van der Waals surface area contributed by atoms with Gasteiger partial charge in [0, 0.05) is 0 Å². The lowest BCUT2D eigenvalue weighted by molar-refractivity contribution is -0.134. The maximum atomic E-state index is 12.8. The number of fused-ring (bicyclic) bond motifs is 1. The molecule has 3 aromatic rings. The number of hydrogen-bond acceptors (Lipinski definition) is 6. The number of esters is 1. The van der Waals surface area contributed by atoms with Crippen molar-refractivity contribution < 1.29 is 17.9 Å². The number of carbonyl (C=O) groups is 1. The Hall–Kier alpha value is -3.19. The third-order valence-corrected chi connectivity index (χ3v) is 5.45. The minimum atomic E-state index is -4.12. The molecule has 0 atom stereocenters. The first-order chi connectivity index (χ1) is 13.0. The number of rotatable bonds is 4. The number of anilines is 1. The fourth-order valence-corrected chi connectivity index (χ4v) is 3.68. The first-order valence-electron chi connectivity index (χ1n) is 8.32. The molecule has 0 bridgehead atoms. The zero-order valence-corrected chi connectivity index (χ0v) is 15.4. The van der Waals surface area contributed by atoms with E-state index in [0.717, 1.165) is 10.8 Å². The summed E-state index contributed by atoms with van der Waals surface area (Å²) in [5.41, 5.74) is 3.21. The van der Waals surface area contributed by atoms with Crippen LogP contribution in [0.4, 0.5) is 5.69 Å². The van der Waals surface area contributed by atoms with Gasteiger partial charge in [-0.2, -0.15) is 5.10 Å². The van der Waals surface area contributed by atoms with Gasteiger partial charge in [-0.05, 0) is 42.0 Å². The van der Waals surface area contributed by atoms with Crippen LogP contribution < -0.4 is 5.43 Å². The Labute approximate surface area is 157 Å². The predicted molar refractivity (Wildman–Crippen MR) is 105 cm³/mol. The number of nitrogens with zero attached hydrogens (tertiary/aromatic N) is 1. The molecule has 0 aliphatic heterocycles. The van der Waals surface area contributed by atoms with Crippen molar-refractivity contribution in [1.29, 1.82) is 0 Å². The van der Waals surface area contributed by atoms with E-state index in [2.05, 4.69) is 10.5 Å². The molecule has 0 amide bonds. The highest BCUT2D eigenvalue weighted by molar-refractivity contribution is 8.08. The van der Waals surface area contributed by atoms with Crippen LogP contribution in [0.1, 0.15) is 6.92 Å². The van der Waals surface area contributed by atoms with Crippen LogP contribution in [-0.2, 0) is 19.4 Å². The van der Waals surface area contributed by atoms with Gasteiger partial charge in [0.2, 0.25) is 9.84 Å². The maximum absolute atomic E-state index is 12.8. The van der Waals surface area contributed by atoms with Crippen molar-refractivity contribution in [1.82, 2.24) is 0 Å². The third-order valence-electron chi connectivity index (χ3n) is 3.79. The Morgan fingerprint density at radius 1 is 0.963 bits per heavy atom. The van der Waals surface area contributed by atoms with E-state index in [0.29, 0.717) is 5.69 Å². The highest BCUT2D eigenvalue weighted by atomic mass is 32.2. The van der Waals surface area contributed by atoms with E-state index in [4.69, 9.17) is 4.74 Å². The Balaban J connectivity index is 1.98. The largest absolute Gasteiger partial charge is 0.461 e. The van der Waals surface area contributed by atoms with Gasteiger partial charge in [0.05, 0.1) is 17.2 Å². The SMILES string of the molecule is CCOC(=O)/C(=N/Nc1ccc2ccccc2c1)S(=O)(=O)c1ccccc1. The monoisotopic (exact) mass is 382 g/mol. The number of sulfone groups is 1. The molecule has 6 nitrogen and oxygen atoms in total. The smallest absolute Gasteiger partial charge is 0.371 e. The minimum absolute atomic E-state index is 0.0304. The molecule has 0 aliphatic carbocycles. The van der Waals surface area contributed by atoms with Crippen molar-refractivity contribution >= 4 is 37.3 Å². The molecule has 0 heterocycles. The van der Waals surface area contributed by atoms with E-state index >= 15 is 0 Å². The van der Waals surface area contributed by atoms with Crippen molar-refractivity contribution in [2.75, 3.05) is 12.0 Å². The van der Waals surface area contributed by atoms with Gasteiger partial charge >= 0.3 is 5.97 Å². The highest BCUT2D eigenvalue weighted by Gasteiger charge is 2.30. The van der Waals surface area contributed by atoms with E-state index in [1.54, 1.807) is 31.2 Å². The first-order valence-corrected chi connectivity index (χ1v) is 9.80. The number of hydrogen-bond donors (Lipinski definition) is 1. The van der Waals surface area contributed by atoms with Crippen molar-refractivity contribution in [3.63, 3.8) is 0 Å². The van der Waals surface area contributed by atoms with Crippen LogP contribution in [0, 0.1) is 0 Å². The zero-order chi connectivity index (χ0) is 19.3. The molecule has 7 heteroatoms. The summed E-state index contributed by atoms with van der Waals surface area (Å²) in [6.07, 6.45) is 0. The van der Waals surface area contributed by atoms with Crippen LogP contribution in [0.15, 0.2) is 82.8 Å². The molecule has 0 saturated carbocycles. The summed E-state index contributed by atoms with van der Waals surface area (Å²) in [5, 5.41) is 5.18. The van der Waals surface area contributed by atoms with E-state index in [-0.39, 0.29) is 11.5 Å². The second kappa shape index (κ2) is 8.01. The number of nitrogens with one attached hydrogen (secondary N) is 1. The molecular weight excluding hydrogens is 364 g/mol. The number of hydrazone groups is 1. The van der Waals surface area contributed by atoms with Gasteiger partial charge in [-0.3, -0.25) is 5.43 Å². The average molecular weight is 382 g/mol. The lowest BCUT2D eigenvalue weighted by atomic mass is 10.1. The normalized spacial score (nSPS) is 12.0. The van der Waals surface area contributed by atoms with Gasteiger partial charge in [0.25, 0.3) is 5.04 Å². The predicted octanol–water partition coefficient (Wildman–Crippen LogP) is 3.60. The fourth-order valence-electron chi connectivity index (χ4n) is 2.49. The molecule has 138 valence electrons. The molecule has 0 radical (unpaired) electrons. The summed E-state index contributed by atoms with van der Waals surface area (Å²) in [4.78, 5) is 12.2. The fraction of sp³-hybridized carbons (Fsp3) is 0.100. The summed E-state index contributed by atoms with van der Waals surface area (Å²) in [5.74, 6) is -1.00. The van der Waals surface area contributed by atoms with E-state index in [9.17, 15) is 13.2 Å². The van der Waals surface area contributed by atoms with Gasteiger partial charge in [0.1, 0.15) is 0 Å². The lowest BCUT2D eigenvalue weighted by Crippen LogP contribution is -2.28. The van der Waals surface area contributed by atoms with Crippen molar-refractivity contribution in [3.05, 3.63) is 72.8 Å². The Kier molecular flexibility index (Phi) is 5.52. The zero-order valence-electron chi connectivity index (χ0n) is 14.6. The molecule has 0 spiro atoms. The lowest BCUT2D eigenvalue weighted by Gasteiger charge is -2.09. The van der Waals surface area contributed by atoms with Gasteiger partial charge < -0.3 is 4.74 Å². The van der Waals surface area contributed by atoms with Crippen molar-refractivity contribution in [2.45, 2.75) is 11.8 Å². The molecule has 0 fully saturated rings. The highest BCUT2D eigenvalue weighted by Crippen LogP contribution is 2.19. The molecule has 27 heavy (non-hydrogen) atoms. The standard InChI is InChI=1S/C20H18N2O4S/c1-2-26-20(23)19(27(24,25)18-10-4-3-5-11-18)22-21-17-13-12-15-8-6-7-9-16(15)14-17/h3-14,21H,2H2,1H3/b22-19-. The molecule has 0 unspecified atom stereocenters. The van der Waals surface area contributed by atoms with Crippen LogP contribution in [0.5, 0.6) is 0 Å². The van der Waals surface area contributed by atoms with E-state index < -0.39 is 20.9 Å². The van der Waals surface area contributed by atoms with Crippen molar-refractivity contribution in [2.24, 2.45) is 5.10 Å². The molecule has 0 saturated heterocycles. The van der Waals surface area contributed by atoms with Gasteiger partial charge in [-0.15, -0.1) is 0 Å². The number of carbonyl (C=O) groups excluding carboxylic acids is 1. The van der Waals surface area contributed by atoms with E-state index in [1.807, 2.05) is 36.4 Å². The van der Waals surface area contributed by atoms with Crippen LogP contribution in [0.2, 0.25) is 0 Å². The quantitative estimate of drug-likeness (QED) is 0.322. The summed E-state index contributed by atoms with van der Waals surface area (Å²) >= 11 is 0. The summed E-state index contributed by atoms with van der Waals surface area (Å²) < 4.78 is 30.5. The van der Waals surface area contributed by atoms with Gasteiger partial charge in [-0.25, -0.2) is 13.2 Å². The molecule has 1 N–H and O–H groups in total. The first kappa shape index (κ1) is 18.6. The molecule has 0 aliphatic rings. The Morgan fingerprint density at radius 3 is 2.33 bits per heavy atom. The minimum Gasteiger partial charge on any atom is -0.461 e. The van der Waals surface area contributed by atoms with Crippen LogP contribution in [0.3, 0.4) is 0 Å². The van der Waals surface area contributed by atoms with Crippen LogP contribution >= 0.6 is 0 Å². The Bertz CT molecular complexity index is 1090.